The van der Waals surface area contributed by atoms with Gasteiger partial charge in [-0.05, 0) is 30.9 Å². The molecule has 0 aliphatic heterocycles. The van der Waals surface area contributed by atoms with Gasteiger partial charge in [0.1, 0.15) is 11.5 Å². The molecule has 0 radical (unpaired) electrons. The molecule has 1 aromatic rings. The zero-order valence-corrected chi connectivity index (χ0v) is 11.7. The number of allylic oxidation sites excluding steroid dienone is 1. The van der Waals surface area contributed by atoms with E-state index in [1.165, 1.54) is 6.92 Å². The largest absolute Gasteiger partial charge is 0.426 e. The van der Waals surface area contributed by atoms with E-state index in [1.807, 2.05) is 25.1 Å². The molecule has 0 bridgehead atoms. The molecule has 0 unspecified atom stereocenters. The summed E-state index contributed by atoms with van der Waals surface area (Å²) < 4.78 is 5.31. The van der Waals surface area contributed by atoms with Crippen molar-refractivity contribution in [2.75, 3.05) is 0 Å². The molecular formula is C16H20O3. The highest BCUT2D eigenvalue weighted by Crippen LogP contribution is 2.27. The summed E-state index contributed by atoms with van der Waals surface area (Å²) in [4.78, 5) is 22.6. The molecule has 3 heteroatoms. The second kappa shape index (κ2) is 6.88. The number of Topliss-reactive ketones (excluding diaryl/α,β-unsaturated/α-hetero) is 1. The second-order valence-corrected chi connectivity index (χ2v) is 4.71. The molecule has 0 saturated heterocycles. The minimum atomic E-state index is -0.353. The number of esters is 1. The van der Waals surface area contributed by atoms with Crippen molar-refractivity contribution in [2.24, 2.45) is 5.92 Å². The van der Waals surface area contributed by atoms with Crippen LogP contribution < -0.4 is 4.74 Å². The SMILES string of the molecule is C=CCc1cccc(C[C@H](C)C(C)=O)c1OC(C)=O. The van der Waals surface area contributed by atoms with Crippen molar-refractivity contribution in [3.05, 3.63) is 42.0 Å². The van der Waals surface area contributed by atoms with Gasteiger partial charge in [0.2, 0.25) is 0 Å². The minimum absolute atomic E-state index is 0.0895. The highest BCUT2D eigenvalue weighted by molar-refractivity contribution is 5.78. The van der Waals surface area contributed by atoms with Gasteiger partial charge in [0, 0.05) is 12.8 Å². The molecule has 0 N–H and O–H groups in total. The number of ketones is 1. The Hall–Kier alpha value is -1.90. The Morgan fingerprint density at radius 3 is 2.47 bits per heavy atom. The van der Waals surface area contributed by atoms with Crippen molar-refractivity contribution in [1.82, 2.24) is 0 Å². The molecule has 1 rings (SSSR count). The van der Waals surface area contributed by atoms with E-state index in [2.05, 4.69) is 6.58 Å². The van der Waals surface area contributed by atoms with Gasteiger partial charge in [0.15, 0.2) is 0 Å². The van der Waals surface area contributed by atoms with Crippen LogP contribution in [0.5, 0.6) is 5.75 Å². The summed E-state index contributed by atoms with van der Waals surface area (Å²) in [6.45, 7) is 8.53. The summed E-state index contributed by atoms with van der Waals surface area (Å²) in [5.41, 5.74) is 1.80. The molecule has 0 spiro atoms. The smallest absolute Gasteiger partial charge is 0.308 e. The number of carbonyl (C=O) groups is 2. The third-order valence-corrected chi connectivity index (χ3v) is 3.01. The van der Waals surface area contributed by atoms with Crippen molar-refractivity contribution in [3.63, 3.8) is 0 Å². The van der Waals surface area contributed by atoms with Gasteiger partial charge in [-0.2, -0.15) is 0 Å². The Bertz CT molecular complexity index is 489. The lowest BCUT2D eigenvalue weighted by atomic mass is 9.95. The van der Waals surface area contributed by atoms with Crippen LogP contribution in [0, 0.1) is 5.92 Å². The maximum atomic E-state index is 11.4. The molecule has 1 atom stereocenters. The van der Waals surface area contributed by atoms with Gasteiger partial charge < -0.3 is 4.74 Å². The fourth-order valence-electron chi connectivity index (χ4n) is 1.86. The lowest BCUT2D eigenvalue weighted by Crippen LogP contribution is -2.12. The first-order chi connectivity index (χ1) is 8.95. The van der Waals surface area contributed by atoms with Gasteiger partial charge >= 0.3 is 5.97 Å². The number of hydrogen-bond donors (Lipinski definition) is 0. The first-order valence-electron chi connectivity index (χ1n) is 6.36. The first kappa shape index (κ1) is 15.2. The number of para-hydroxylation sites is 1. The van der Waals surface area contributed by atoms with Gasteiger partial charge in [-0.25, -0.2) is 0 Å². The summed E-state index contributed by atoms with van der Waals surface area (Å²) >= 11 is 0. The topological polar surface area (TPSA) is 43.4 Å². The predicted octanol–water partition coefficient (Wildman–Crippen LogP) is 3.11. The standard InChI is InChI=1S/C16H20O3/c1-5-7-14-8-6-9-15(10-11(2)12(3)17)16(14)19-13(4)18/h5-6,8-9,11H,1,7,10H2,2-4H3/t11-/m0/s1. The molecule has 0 aliphatic rings. The van der Waals surface area contributed by atoms with Crippen LogP contribution in [-0.4, -0.2) is 11.8 Å². The van der Waals surface area contributed by atoms with E-state index < -0.39 is 0 Å². The Morgan fingerprint density at radius 1 is 1.32 bits per heavy atom. The number of benzene rings is 1. The molecule has 3 nitrogen and oxygen atoms in total. The van der Waals surface area contributed by atoms with Crippen LogP contribution >= 0.6 is 0 Å². The number of rotatable bonds is 6. The zero-order chi connectivity index (χ0) is 14.4. The molecule has 0 fully saturated rings. The van der Waals surface area contributed by atoms with Crippen molar-refractivity contribution in [3.8, 4) is 5.75 Å². The Balaban J connectivity index is 3.13. The Morgan fingerprint density at radius 2 is 1.95 bits per heavy atom. The van der Waals surface area contributed by atoms with Gasteiger partial charge in [-0.15, -0.1) is 6.58 Å². The van der Waals surface area contributed by atoms with Crippen LogP contribution in [0.3, 0.4) is 0 Å². The molecule has 0 aliphatic carbocycles. The maximum absolute atomic E-state index is 11.4. The molecule has 0 amide bonds. The van der Waals surface area contributed by atoms with E-state index >= 15 is 0 Å². The summed E-state index contributed by atoms with van der Waals surface area (Å²) in [7, 11) is 0. The van der Waals surface area contributed by atoms with E-state index in [1.54, 1.807) is 13.0 Å². The fourth-order valence-corrected chi connectivity index (χ4v) is 1.86. The lowest BCUT2D eigenvalue weighted by Gasteiger charge is -2.15. The Kier molecular flexibility index (Phi) is 5.49. The quantitative estimate of drug-likeness (QED) is 0.448. The van der Waals surface area contributed by atoms with Crippen LogP contribution in [0.15, 0.2) is 30.9 Å². The molecule has 0 heterocycles. The molecule has 19 heavy (non-hydrogen) atoms. The van der Waals surface area contributed by atoms with Gasteiger partial charge in [-0.1, -0.05) is 31.2 Å². The summed E-state index contributed by atoms with van der Waals surface area (Å²) in [6, 6.07) is 5.71. The van der Waals surface area contributed by atoms with Crippen molar-refractivity contribution in [2.45, 2.75) is 33.6 Å². The second-order valence-electron chi connectivity index (χ2n) is 4.71. The molecule has 1 aromatic carbocycles. The highest BCUT2D eigenvalue weighted by atomic mass is 16.5. The number of carbonyl (C=O) groups excluding carboxylic acids is 2. The number of hydrogen-bond acceptors (Lipinski definition) is 3. The van der Waals surface area contributed by atoms with E-state index in [4.69, 9.17) is 4.74 Å². The zero-order valence-electron chi connectivity index (χ0n) is 11.7. The van der Waals surface area contributed by atoms with Crippen LogP contribution in [0.25, 0.3) is 0 Å². The highest BCUT2D eigenvalue weighted by Gasteiger charge is 2.16. The summed E-state index contributed by atoms with van der Waals surface area (Å²) in [6.07, 6.45) is 2.97. The van der Waals surface area contributed by atoms with E-state index in [9.17, 15) is 9.59 Å². The normalized spacial score (nSPS) is 11.7. The minimum Gasteiger partial charge on any atom is -0.426 e. The third-order valence-electron chi connectivity index (χ3n) is 3.01. The van der Waals surface area contributed by atoms with Gasteiger partial charge in [-0.3, -0.25) is 9.59 Å². The fraction of sp³-hybridized carbons (Fsp3) is 0.375. The molecule has 0 aromatic heterocycles. The van der Waals surface area contributed by atoms with Gasteiger partial charge in [0.05, 0.1) is 0 Å². The van der Waals surface area contributed by atoms with Crippen molar-refractivity contribution < 1.29 is 14.3 Å². The first-order valence-corrected chi connectivity index (χ1v) is 6.36. The average Bonchev–Trinajstić information content (AvgIpc) is 2.32. The maximum Gasteiger partial charge on any atom is 0.308 e. The van der Waals surface area contributed by atoms with Gasteiger partial charge in [0.25, 0.3) is 0 Å². The number of ether oxygens (including phenoxy) is 1. The summed E-state index contributed by atoms with van der Waals surface area (Å²) in [5, 5.41) is 0. The van der Waals surface area contributed by atoms with Crippen LogP contribution in [0.4, 0.5) is 0 Å². The van der Waals surface area contributed by atoms with Crippen LogP contribution in [0.1, 0.15) is 31.9 Å². The van der Waals surface area contributed by atoms with Crippen molar-refractivity contribution >= 4 is 11.8 Å². The Labute approximate surface area is 114 Å². The third kappa shape index (κ3) is 4.36. The molecule has 102 valence electrons. The summed E-state index contributed by atoms with van der Waals surface area (Å²) in [5.74, 6) is 0.257. The van der Waals surface area contributed by atoms with Crippen LogP contribution in [-0.2, 0) is 22.4 Å². The molecule has 0 saturated carbocycles. The van der Waals surface area contributed by atoms with E-state index in [-0.39, 0.29) is 17.7 Å². The van der Waals surface area contributed by atoms with E-state index in [0.717, 1.165) is 11.1 Å². The van der Waals surface area contributed by atoms with E-state index in [0.29, 0.717) is 18.6 Å². The monoisotopic (exact) mass is 260 g/mol. The van der Waals surface area contributed by atoms with Crippen molar-refractivity contribution in [1.29, 1.82) is 0 Å². The molecular weight excluding hydrogens is 240 g/mol. The van der Waals surface area contributed by atoms with Crippen LogP contribution in [0.2, 0.25) is 0 Å². The average molecular weight is 260 g/mol. The lowest BCUT2D eigenvalue weighted by molar-refractivity contribution is -0.132. The predicted molar refractivity (Wildman–Crippen MR) is 75.2 cm³/mol.